The molecule has 0 saturated carbocycles. The van der Waals surface area contributed by atoms with Crippen molar-refractivity contribution in [3.05, 3.63) is 0 Å². The highest BCUT2D eigenvalue weighted by atomic mass is 16.6. The third-order valence-corrected chi connectivity index (χ3v) is 3.53. The maximum atomic E-state index is 5.43. The Hall–Kier alpha value is -0.400. The minimum Gasteiger partial charge on any atom is -0.382 e. The van der Waals surface area contributed by atoms with Gasteiger partial charge >= 0.3 is 0 Å². The Morgan fingerprint density at radius 1 is 0.367 bits per heavy atom. The molecule has 0 spiro atoms. The monoisotopic (exact) mass is 441 g/mol. The van der Waals surface area contributed by atoms with E-state index >= 15 is 0 Å². The highest BCUT2D eigenvalue weighted by Gasteiger charge is 1.95. The fraction of sp³-hybridized carbons (Fsp3) is 1.00. The molecule has 0 fully saturated rings. The summed E-state index contributed by atoms with van der Waals surface area (Å²) in [6.07, 6.45) is 0. The van der Waals surface area contributed by atoms with Gasteiger partial charge in [0.1, 0.15) is 0 Å². The van der Waals surface area contributed by atoms with Crippen LogP contribution in [-0.4, -0.2) is 133 Å². The average molecular weight is 442 g/mol. The van der Waals surface area contributed by atoms with E-state index in [0.29, 0.717) is 112 Å². The summed E-state index contributed by atoms with van der Waals surface area (Å²) in [5, 5.41) is 3.01. The first kappa shape index (κ1) is 29.6. The van der Waals surface area contributed by atoms with Crippen LogP contribution >= 0.6 is 0 Å². The maximum Gasteiger partial charge on any atom is 0.0701 e. The predicted molar refractivity (Wildman–Crippen MR) is 112 cm³/mol. The van der Waals surface area contributed by atoms with Crippen molar-refractivity contribution in [3.8, 4) is 0 Å². The number of rotatable bonds is 27. The van der Waals surface area contributed by atoms with E-state index in [1.54, 1.807) is 7.11 Å². The minimum atomic E-state index is 0.537. The topological polar surface area (TPSA) is 95.1 Å². The van der Waals surface area contributed by atoms with E-state index in [2.05, 4.69) is 5.32 Å². The summed E-state index contributed by atoms with van der Waals surface area (Å²) in [6, 6.07) is 0. The van der Waals surface area contributed by atoms with Crippen molar-refractivity contribution in [3.63, 3.8) is 0 Å². The number of hydrogen-bond acceptors (Lipinski definition) is 10. The summed E-state index contributed by atoms with van der Waals surface area (Å²) < 4.78 is 47.9. The Bertz CT molecular complexity index is 273. The van der Waals surface area contributed by atoms with Gasteiger partial charge in [-0.1, -0.05) is 0 Å². The van der Waals surface area contributed by atoms with Gasteiger partial charge in [0.05, 0.1) is 112 Å². The van der Waals surface area contributed by atoms with E-state index in [-0.39, 0.29) is 0 Å². The summed E-state index contributed by atoms with van der Waals surface area (Å²) in [6.45, 7) is 10.5. The second kappa shape index (κ2) is 28.6. The molecule has 0 atom stereocenters. The van der Waals surface area contributed by atoms with E-state index < -0.39 is 0 Å². The summed E-state index contributed by atoms with van der Waals surface area (Å²) in [7, 11) is 3.54. The fourth-order valence-electron chi connectivity index (χ4n) is 1.96. The molecule has 0 radical (unpaired) electrons. The molecule has 0 aromatic rings. The molecule has 10 nitrogen and oxygen atoms in total. The molecule has 182 valence electrons. The minimum absolute atomic E-state index is 0.537. The van der Waals surface area contributed by atoms with Crippen molar-refractivity contribution < 1.29 is 42.6 Å². The lowest BCUT2D eigenvalue weighted by Crippen LogP contribution is -2.17. The largest absolute Gasteiger partial charge is 0.382 e. The zero-order valence-electron chi connectivity index (χ0n) is 18.9. The number of likely N-dealkylation sites (N-methyl/N-ethyl adjacent to an activating group) is 1. The van der Waals surface area contributed by atoms with Crippen molar-refractivity contribution >= 4 is 0 Å². The van der Waals surface area contributed by atoms with Crippen LogP contribution in [0.2, 0.25) is 0 Å². The van der Waals surface area contributed by atoms with Crippen LogP contribution in [0.25, 0.3) is 0 Å². The molecule has 30 heavy (non-hydrogen) atoms. The van der Waals surface area contributed by atoms with E-state index in [1.165, 1.54) is 0 Å². The number of hydrogen-bond donors (Lipinski definition) is 1. The van der Waals surface area contributed by atoms with Crippen LogP contribution in [0.5, 0.6) is 0 Å². The van der Waals surface area contributed by atoms with Gasteiger partial charge in [-0.15, -0.1) is 0 Å². The van der Waals surface area contributed by atoms with Gasteiger partial charge in [-0.25, -0.2) is 0 Å². The van der Waals surface area contributed by atoms with Gasteiger partial charge in [-0.2, -0.15) is 0 Å². The van der Waals surface area contributed by atoms with Gasteiger partial charge in [-0.3, -0.25) is 0 Å². The Labute approximate surface area is 181 Å². The molecule has 0 aromatic carbocycles. The normalized spacial score (nSPS) is 11.4. The molecule has 0 saturated heterocycles. The van der Waals surface area contributed by atoms with Crippen molar-refractivity contribution in [2.45, 2.75) is 0 Å². The number of nitrogens with one attached hydrogen (secondary N) is 1. The zero-order chi connectivity index (χ0) is 21.8. The van der Waals surface area contributed by atoms with E-state index in [4.69, 9.17) is 42.6 Å². The van der Waals surface area contributed by atoms with Gasteiger partial charge in [0.2, 0.25) is 0 Å². The Morgan fingerprint density at radius 3 is 0.833 bits per heavy atom. The lowest BCUT2D eigenvalue weighted by molar-refractivity contribution is -0.0242. The molecule has 0 aliphatic carbocycles. The first-order chi connectivity index (χ1) is 14.9. The fourth-order valence-corrected chi connectivity index (χ4v) is 1.96. The summed E-state index contributed by atoms with van der Waals surface area (Å²) in [5.41, 5.74) is 0. The second-order valence-electron chi connectivity index (χ2n) is 6.00. The molecule has 0 bridgehead atoms. The van der Waals surface area contributed by atoms with E-state index in [1.807, 2.05) is 7.05 Å². The van der Waals surface area contributed by atoms with Crippen LogP contribution in [0.4, 0.5) is 0 Å². The highest BCUT2D eigenvalue weighted by molar-refractivity contribution is 4.38. The van der Waals surface area contributed by atoms with Crippen LogP contribution in [-0.2, 0) is 42.6 Å². The molecular weight excluding hydrogens is 398 g/mol. The van der Waals surface area contributed by atoms with Crippen LogP contribution in [0.1, 0.15) is 0 Å². The van der Waals surface area contributed by atoms with Crippen molar-refractivity contribution in [2.24, 2.45) is 0 Å². The highest BCUT2D eigenvalue weighted by Crippen LogP contribution is 1.85. The first-order valence-electron chi connectivity index (χ1n) is 10.7. The average Bonchev–Trinajstić information content (AvgIpc) is 2.76. The number of ether oxygens (including phenoxy) is 9. The molecule has 0 aliphatic rings. The molecule has 10 heteroatoms. The molecule has 0 rings (SSSR count). The predicted octanol–water partition coefficient (Wildman–Crippen LogP) is -0.0150. The lowest BCUT2D eigenvalue weighted by atomic mass is 10.6. The van der Waals surface area contributed by atoms with Crippen molar-refractivity contribution in [2.75, 3.05) is 133 Å². The summed E-state index contributed by atoms with van der Waals surface area (Å²) in [4.78, 5) is 0. The molecule has 1 N–H and O–H groups in total. The van der Waals surface area contributed by atoms with Gasteiger partial charge in [0.25, 0.3) is 0 Å². The molecule has 0 aliphatic heterocycles. The molecule has 0 aromatic heterocycles. The zero-order valence-corrected chi connectivity index (χ0v) is 18.9. The standard InChI is InChI=1S/C20H43NO9/c1-21-3-4-23-7-8-25-11-12-27-15-16-29-19-20-30-18-17-28-14-13-26-10-9-24-6-5-22-2/h21H,3-20H2,1-2H3. The van der Waals surface area contributed by atoms with Crippen molar-refractivity contribution in [1.82, 2.24) is 5.32 Å². The van der Waals surface area contributed by atoms with Gasteiger partial charge in [0.15, 0.2) is 0 Å². The number of methoxy groups -OCH3 is 1. The first-order valence-corrected chi connectivity index (χ1v) is 10.7. The second-order valence-corrected chi connectivity index (χ2v) is 6.00. The van der Waals surface area contributed by atoms with E-state index in [0.717, 1.165) is 6.54 Å². The Morgan fingerprint density at radius 2 is 0.600 bits per heavy atom. The molecular formula is C20H43NO9. The third-order valence-electron chi connectivity index (χ3n) is 3.53. The van der Waals surface area contributed by atoms with Crippen LogP contribution in [0, 0.1) is 0 Å². The summed E-state index contributed by atoms with van der Waals surface area (Å²) in [5.74, 6) is 0. The summed E-state index contributed by atoms with van der Waals surface area (Å²) >= 11 is 0. The molecule has 0 unspecified atom stereocenters. The van der Waals surface area contributed by atoms with E-state index in [9.17, 15) is 0 Å². The quantitative estimate of drug-likeness (QED) is 0.175. The smallest absolute Gasteiger partial charge is 0.0701 e. The lowest BCUT2D eigenvalue weighted by Gasteiger charge is -2.08. The van der Waals surface area contributed by atoms with Gasteiger partial charge in [0, 0.05) is 13.7 Å². The molecule has 0 amide bonds. The van der Waals surface area contributed by atoms with Crippen LogP contribution < -0.4 is 5.32 Å². The van der Waals surface area contributed by atoms with Crippen molar-refractivity contribution in [1.29, 1.82) is 0 Å². The van der Waals surface area contributed by atoms with Crippen LogP contribution in [0.15, 0.2) is 0 Å². The Balaban J connectivity index is 2.97. The SMILES string of the molecule is CNCCOCCOCCOCCOCCOCCOCCOCCOCCOC. The van der Waals surface area contributed by atoms with Crippen LogP contribution in [0.3, 0.4) is 0 Å². The van der Waals surface area contributed by atoms with Gasteiger partial charge < -0.3 is 47.9 Å². The Kier molecular flexibility index (Phi) is 28.2. The molecule has 0 heterocycles. The third kappa shape index (κ3) is 27.6. The van der Waals surface area contributed by atoms with Gasteiger partial charge in [-0.05, 0) is 7.05 Å². The maximum absolute atomic E-state index is 5.43.